The summed E-state index contributed by atoms with van der Waals surface area (Å²) in [6.07, 6.45) is 8.17. The Morgan fingerprint density at radius 2 is 1.75 bits per heavy atom. The van der Waals surface area contributed by atoms with Gasteiger partial charge in [-0.15, -0.1) is 0 Å². The topological polar surface area (TPSA) is 46.2 Å². The molecule has 3 nitrogen and oxygen atoms in total. The molecular weight excluding hydrogens is 222 g/mol. The third kappa shape index (κ3) is 4.83. The first-order valence-electron chi connectivity index (χ1n) is 6.55. The molecule has 0 aromatic carbocycles. The second-order valence-corrected chi connectivity index (χ2v) is 6.85. The summed E-state index contributed by atoms with van der Waals surface area (Å²) in [5, 5.41) is 0. The van der Waals surface area contributed by atoms with Gasteiger partial charge >= 0.3 is 0 Å². The highest BCUT2D eigenvalue weighted by Gasteiger charge is 2.22. The number of hydrogen-bond donors (Lipinski definition) is 1. The molecule has 1 rings (SSSR count). The van der Waals surface area contributed by atoms with Crippen LogP contribution in [0.15, 0.2) is 0 Å². The summed E-state index contributed by atoms with van der Waals surface area (Å²) < 4.78 is 26.1. The smallest absolute Gasteiger partial charge is 0.211 e. The molecule has 0 aliphatic heterocycles. The highest BCUT2D eigenvalue weighted by atomic mass is 32.2. The van der Waals surface area contributed by atoms with Crippen molar-refractivity contribution in [1.29, 1.82) is 0 Å². The normalized spacial score (nSPS) is 21.6. The Bertz CT molecular complexity index is 279. The van der Waals surface area contributed by atoms with Gasteiger partial charge in [-0.2, -0.15) is 0 Å². The molecule has 1 aliphatic carbocycles. The quantitative estimate of drug-likeness (QED) is 0.759. The van der Waals surface area contributed by atoms with Gasteiger partial charge in [0.05, 0.1) is 5.75 Å². The van der Waals surface area contributed by atoms with Crippen LogP contribution in [0.2, 0.25) is 0 Å². The summed E-state index contributed by atoms with van der Waals surface area (Å²) in [7, 11) is -3.04. The first-order chi connectivity index (χ1) is 7.55. The maximum Gasteiger partial charge on any atom is 0.211 e. The van der Waals surface area contributed by atoms with Crippen molar-refractivity contribution in [3.8, 4) is 0 Å². The van der Waals surface area contributed by atoms with Crippen molar-refractivity contribution in [2.24, 2.45) is 5.92 Å². The van der Waals surface area contributed by atoms with E-state index in [1.165, 1.54) is 38.5 Å². The average Bonchev–Trinajstić information content (AvgIpc) is 2.44. The van der Waals surface area contributed by atoms with Crippen LogP contribution >= 0.6 is 0 Å². The molecule has 1 fully saturated rings. The van der Waals surface area contributed by atoms with E-state index in [2.05, 4.69) is 4.72 Å². The lowest BCUT2D eigenvalue weighted by Gasteiger charge is -2.23. The molecule has 0 spiro atoms. The molecule has 0 radical (unpaired) electrons. The van der Waals surface area contributed by atoms with Gasteiger partial charge in [0.15, 0.2) is 0 Å². The van der Waals surface area contributed by atoms with E-state index in [-0.39, 0.29) is 11.8 Å². The molecule has 1 N–H and O–H groups in total. The summed E-state index contributed by atoms with van der Waals surface area (Å²) in [6, 6.07) is 0.106. The van der Waals surface area contributed by atoms with Crippen LogP contribution in [0.3, 0.4) is 0 Å². The number of sulfonamides is 1. The van der Waals surface area contributed by atoms with Crippen LogP contribution in [0, 0.1) is 5.92 Å². The predicted octanol–water partition coefficient (Wildman–Crippen LogP) is 2.67. The minimum Gasteiger partial charge on any atom is -0.212 e. The number of nitrogens with one attached hydrogen (secondary N) is 1. The number of hydrogen-bond acceptors (Lipinski definition) is 2. The molecule has 1 saturated carbocycles. The van der Waals surface area contributed by atoms with E-state index in [0.717, 1.165) is 0 Å². The van der Waals surface area contributed by atoms with Crippen LogP contribution in [0.5, 0.6) is 0 Å². The van der Waals surface area contributed by atoms with Gasteiger partial charge in [0, 0.05) is 6.04 Å². The van der Waals surface area contributed by atoms with E-state index in [1.54, 1.807) is 0 Å². The average molecular weight is 247 g/mol. The van der Waals surface area contributed by atoms with Crippen LogP contribution in [-0.2, 0) is 10.0 Å². The SMILES string of the molecule is CCCS(=O)(=O)N[C@@H](C)C1CCCCCC1. The van der Waals surface area contributed by atoms with E-state index in [4.69, 9.17) is 0 Å². The van der Waals surface area contributed by atoms with Crippen molar-refractivity contribution >= 4 is 10.0 Å². The van der Waals surface area contributed by atoms with Crippen molar-refractivity contribution in [2.75, 3.05) is 5.75 Å². The van der Waals surface area contributed by atoms with Crippen molar-refractivity contribution in [3.63, 3.8) is 0 Å². The molecule has 0 aromatic heterocycles. The van der Waals surface area contributed by atoms with E-state index < -0.39 is 10.0 Å². The van der Waals surface area contributed by atoms with E-state index in [0.29, 0.717) is 12.3 Å². The molecule has 16 heavy (non-hydrogen) atoms. The fourth-order valence-corrected chi connectivity index (χ4v) is 3.93. The van der Waals surface area contributed by atoms with Crippen LogP contribution in [0.4, 0.5) is 0 Å². The van der Waals surface area contributed by atoms with Crippen LogP contribution < -0.4 is 4.72 Å². The zero-order valence-corrected chi connectivity index (χ0v) is 11.4. The van der Waals surface area contributed by atoms with Gasteiger partial charge < -0.3 is 0 Å². The Morgan fingerprint density at radius 3 is 2.25 bits per heavy atom. The third-order valence-electron chi connectivity index (χ3n) is 3.45. The van der Waals surface area contributed by atoms with Gasteiger partial charge in [0.1, 0.15) is 0 Å². The minimum atomic E-state index is -3.04. The number of rotatable bonds is 5. The van der Waals surface area contributed by atoms with E-state index >= 15 is 0 Å². The lowest BCUT2D eigenvalue weighted by atomic mass is 9.94. The minimum absolute atomic E-state index is 0.106. The second-order valence-electron chi connectivity index (χ2n) is 4.98. The molecule has 4 heteroatoms. The first kappa shape index (κ1) is 14.0. The lowest BCUT2D eigenvalue weighted by molar-refractivity contribution is 0.370. The van der Waals surface area contributed by atoms with Crippen LogP contribution in [0.1, 0.15) is 58.8 Å². The monoisotopic (exact) mass is 247 g/mol. The van der Waals surface area contributed by atoms with Gasteiger partial charge in [-0.05, 0) is 32.1 Å². The maximum absolute atomic E-state index is 11.7. The Morgan fingerprint density at radius 1 is 1.19 bits per heavy atom. The molecule has 0 heterocycles. The van der Waals surface area contributed by atoms with Crippen LogP contribution in [0.25, 0.3) is 0 Å². The van der Waals surface area contributed by atoms with Crippen molar-refractivity contribution in [2.45, 2.75) is 64.8 Å². The van der Waals surface area contributed by atoms with Gasteiger partial charge in [-0.25, -0.2) is 13.1 Å². The molecule has 1 atom stereocenters. The molecule has 96 valence electrons. The lowest BCUT2D eigenvalue weighted by Crippen LogP contribution is -2.39. The van der Waals surface area contributed by atoms with E-state index in [1.807, 2.05) is 13.8 Å². The highest BCUT2D eigenvalue weighted by molar-refractivity contribution is 7.89. The Balaban J connectivity index is 2.46. The Hall–Kier alpha value is -0.0900. The Labute approximate surface area is 100 Å². The second kappa shape index (κ2) is 6.60. The van der Waals surface area contributed by atoms with E-state index in [9.17, 15) is 8.42 Å². The van der Waals surface area contributed by atoms with Crippen molar-refractivity contribution in [3.05, 3.63) is 0 Å². The molecule has 0 unspecified atom stereocenters. The standard InChI is InChI=1S/C12H25NO2S/c1-3-10-16(14,15)13-11(2)12-8-6-4-5-7-9-12/h11-13H,3-10H2,1-2H3/t11-/m0/s1. The summed E-state index contributed by atoms with van der Waals surface area (Å²) in [6.45, 7) is 3.92. The van der Waals surface area contributed by atoms with Gasteiger partial charge in [-0.3, -0.25) is 0 Å². The maximum atomic E-state index is 11.7. The zero-order valence-electron chi connectivity index (χ0n) is 10.5. The van der Waals surface area contributed by atoms with Crippen LogP contribution in [-0.4, -0.2) is 20.2 Å². The van der Waals surface area contributed by atoms with Crippen molar-refractivity contribution in [1.82, 2.24) is 4.72 Å². The largest absolute Gasteiger partial charge is 0.212 e. The molecule has 0 aromatic rings. The molecule has 0 bridgehead atoms. The summed E-state index contributed by atoms with van der Waals surface area (Å²) in [5.41, 5.74) is 0. The van der Waals surface area contributed by atoms with Gasteiger partial charge in [0.25, 0.3) is 0 Å². The fourth-order valence-electron chi connectivity index (χ4n) is 2.52. The molecular formula is C12H25NO2S. The fraction of sp³-hybridized carbons (Fsp3) is 1.00. The molecule has 0 amide bonds. The third-order valence-corrected chi connectivity index (χ3v) is 5.12. The first-order valence-corrected chi connectivity index (χ1v) is 8.20. The predicted molar refractivity (Wildman–Crippen MR) is 67.9 cm³/mol. The van der Waals surface area contributed by atoms with Gasteiger partial charge in [0.2, 0.25) is 10.0 Å². The highest BCUT2D eigenvalue weighted by Crippen LogP contribution is 2.25. The summed E-state index contributed by atoms with van der Waals surface area (Å²) in [5.74, 6) is 0.790. The molecule has 0 saturated heterocycles. The Kier molecular flexibility index (Phi) is 5.76. The molecule has 1 aliphatic rings. The van der Waals surface area contributed by atoms with Gasteiger partial charge in [-0.1, -0.05) is 32.6 Å². The zero-order chi connectivity index (χ0) is 12.0. The summed E-state index contributed by atoms with van der Waals surface area (Å²) in [4.78, 5) is 0. The van der Waals surface area contributed by atoms with Crippen molar-refractivity contribution < 1.29 is 8.42 Å². The summed E-state index contributed by atoms with van der Waals surface area (Å²) >= 11 is 0.